The van der Waals surface area contributed by atoms with E-state index in [1.165, 1.54) is 18.6 Å². The average Bonchev–Trinajstić information content (AvgIpc) is 2.52. The number of carbonyl (C=O) groups is 1. The molecule has 0 bridgehead atoms. The second-order valence-electron chi connectivity index (χ2n) is 5.82. The Bertz CT molecular complexity index is 470. The highest BCUT2D eigenvalue weighted by molar-refractivity contribution is 5.96. The summed E-state index contributed by atoms with van der Waals surface area (Å²) in [5, 5.41) is 0. The minimum Gasteiger partial charge on any atom is -0.300 e. The molecule has 0 N–H and O–H groups in total. The van der Waals surface area contributed by atoms with Crippen LogP contribution in [-0.2, 0) is 0 Å². The van der Waals surface area contributed by atoms with Crippen LogP contribution in [0.1, 0.15) is 37.0 Å². The van der Waals surface area contributed by atoms with Gasteiger partial charge in [0.05, 0.1) is 0 Å². The van der Waals surface area contributed by atoms with E-state index in [0.717, 1.165) is 32.7 Å². The molecule has 0 aromatic heterocycles. The van der Waals surface area contributed by atoms with Crippen molar-refractivity contribution in [2.24, 2.45) is 0 Å². The minimum absolute atomic E-state index is 0.0267. The van der Waals surface area contributed by atoms with Gasteiger partial charge in [-0.25, -0.2) is 4.39 Å². The normalized spacial score (nSPS) is 18.6. The number of ketones is 1. The van der Waals surface area contributed by atoms with Crippen LogP contribution in [0.4, 0.5) is 4.39 Å². The van der Waals surface area contributed by atoms with Crippen molar-refractivity contribution < 1.29 is 9.18 Å². The van der Waals surface area contributed by atoms with Crippen molar-refractivity contribution >= 4 is 5.78 Å². The summed E-state index contributed by atoms with van der Waals surface area (Å²) >= 11 is 0. The number of halogens is 1. The number of rotatable bonds is 6. The summed E-state index contributed by atoms with van der Waals surface area (Å²) in [5.41, 5.74) is 0.480. The molecule has 0 spiro atoms. The highest BCUT2D eigenvalue weighted by Gasteiger charge is 2.20. The van der Waals surface area contributed by atoms with E-state index >= 15 is 0 Å². The number of Topliss-reactive ketones (excluding diaryl/α,β-unsaturated/α-hetero) is 1. The third-order valence-corrected chi connectivity index (χ3v) is 4.42. The number of nitrogens with zero attached hydrogens (tertiary/aromatic N) is 2. The summed E-state index contributed by atoms with van der Waals surface area (Å²) < 4.78 is 13.1. The minimum atomic E-state index is -0.344. The SMILES string of the molecule is CCC(C)N1CCN(CCC(=O)c2cccc(F)c2)CC1. The molecule has 116 valence electrons. The number of carbonyl (C=O) groups excluding carboxylic acids is 1. The van der Waals surface area contributed by atoms with E-state index in [9.17, 15) is 9.18 Å². The first kappa shape index (κ1) is 16.1. The van der Waals surface area contributed by atoms with E-state index in [-0.39, 0.29) is 11.6 Å². The van der Waals surface area contributed by atoms with E-state index in [1.54, 1.807) is 12.1 Å². The van der Waals surface area contributed by atoms with Crippen molar-refractivity contribution in [2.45, 2.75) is 32.7 Å². The lowest BCUT2D eigenvalue weighted by Crippen LogP contribution is -2.49. The zero-order valence-electron chi connectivity index (χ0n) is 13.0. The molecule has 0 saturated carbocycles. The summed E-state index contributed by atoms with van der Waals surface area (Å²) in [6, 6.07) is 6.61. The molecule has 1 atom stereocenters. The van der Waals surface area contributed by atoms with Crippen molar-refractivity contribution in [3.05, 3.63) is 35.6 Å². The Kier molecular flexibility index (Phi) is 5.88. The van der Waals surface area contributed by atoms with Gasteiger partial charge in [-0.2, -0.15) is 0 Å². The van der Waals surface area contributed by atoms with Gasteiger partial charge in [0.25, 0.3) is 0 Å². The van der Waals surface area contributed by atoms with Crippen LogP contribution in [0.2, 0.25) is 0 Å². The van der Waals surface area contributed by atoms with E-state index < -0.39 is 0 Å². The van der Waals surface area contributed by atoms with Gasteiger partial charge in [-0.15, -0.1) is 0 Å². The number of hydrogen-bond acceptors (Lipinski definition) is 3. The predicted molar refractivity (Wildman–Crippen MR) is 83.1 cm³/mol. The van der Waals surface area contributed by atoms with Gasteiger partial charge in [0, 0.05) is 50.7 Å². The molecule has 1 aliphatic heterocycles. The fourth-order valence-corrected chi connectivity index (χ4v) is 2.75. The lowest BCUT2D eigenvalue weighted by Gasteiger charge is -2.37. The third kappa shape index (κ3) is 4.61. The molecule has 3 nitrogen and oxygen atoms in total. The van der Waals surface area contributed by atoms with Gasteiger partial charge in [0.2, 0.25) is 0 Å². The standard InChI is InChI=1S/C17H25FN2O/c1-3-14(2)20-11-9-19(10-12-20)8-7-17(21)15-5-4-6-16(18)13-15/h4-6,13-14H,3,7-12H2,1-2H3. The van der Waals surface area contributed by atoms with Crippen molar-refractivity contribution in [2.75, 3.05) is 32.7 Å². The average molecular weight is 292 g/mol. The molecule has 1 unspecified atom stereocenters. The molecule has 0 amide bonds. The van der Waals surface area contributed by atoms with Crippen LogP contribution in [0, 0.1) is 5.82 Å². The molecule has 1 heterocycles. The molecular weight excluding hydrogens is 267 g/mol. The van der Waals surface area contributed by atoms with Crippen molar-refractivity contribution in [3.8, 4) is 0 Å². The second-order valence-corrected chi connectivity index (χ2v) is 5.82. The van der Waals surface area contributed by atoms with E-state index in [1.807, 2.05) is 0 Å². The predicted octanol–water partition coefficient (Wildman–Crippen LogP) is 2.81. The zero-order chi connectivity index (χ0) is 15.2. The molecule has 2 rings (SSSR count). The smallest absolute Gasteiger partial charge is 0.164 e. The first-order chi connectivity index (χ1) is 10.1. The highest BCUT2D eigenvalue weighted by Crippen LogP contribution is 2.11. The second kappa shape index (κ2) is 7.66. The fraction of sp³-hybridized carbons (Fsp3) is 0.588. The molecule has 1 aromatic carbocycles. The summed E-state index contributed by atoms with van der Waals surface area (Å²) in [5.74, 6) is -0.318. The number of piperazine rings is 1. The molecular formula is C17H25FN2O. The largest absolute Gasteiger partial charge is 0.300 e. The maximum absolute atomic E-state index is 13.1. The van der Waals surface area contributed by atoms with Gasteiger partial charge in [0.15, 0.2) is 5.78 Å². The summed E-state index contributed by atoms with van der Waals surface area (Å²) in [4.78, 5) is 16.9. The molecule has 21 heavy (non-hydrogen) atoms. The van der Waals surface area contributed by atoms with Crippen LogP contribution in [0.25, 0.3) is 0 Å². The van der Waals surface area contributed by atoms with Gasteiger partial charge in [-0.3, -0.25) is 9.69 Å². The molecule has 0 aliphatic carbocycles. The van der Waals surface area contributed by atoms with Crippen LogP contribution in [-0.4, -0.2) is 54.3 Å². The van der Waals surface area contributed by atoms with Crippen molar-refractivity contribution in [1.82, 2.24) is 9.80 Å². The van der Waals surface area contributed by atoms with Crippen molar-refractivity contribution in [3.63, 3.8) is 0 Å². The van der Waals surface area contributed by atoms with Crippen LogP contribution >= 0.6 is 0 Å². The molecule has 4 heteroatoms. The lowest BCUT2D eigenvalue weighted by molar-refractivity contribution is 0.0866. The summed E-state index contributed by atoms with van der Waals surface area (Å²) in [7, 11) is 0. The Morgan fingerprint density at radius 1 is 1.29 bits per heavy atom. The molecule has 1 saturated heterocycles. The Morgan fingerprint density at radius 2 is 2.00 bits per heavy atom. The van der Waals surface area contributed by atoms with E-state index in [4.69, 9.17) is 0 Å². The topological polar surface area (TPSA) is 23.6 Å². The van der Waals surface area contributed by atoms with Gasteiger partial charge >= 0.3 is 0 Å². The van der Waals surface area contributed by atoms with Gasteiger partial charge in [0.1, 0.15) is 5.82 Å². The molecule has 1 aromatic rings. The zero-order valence-corrected chi connectivity index (χ0v) is 13.0. The van der Waals surface area contributed by atoms with Gasteiger partial charge in [-0.1, -0.05) is 19.1 Å². The van der Waals surface area contributed by atoms with Gasteiger partial charge in [-0.05, 0) is 25.5 Å². The first-order valence-corrected chi connectivity index (χ1v) is 7.85. The Morgan fingerprint density at radius 3 is 2.62 bits per heavy atom. The Balaban J connectivity index is 1.76. The maximum Gasteiger partial charge on any atom is 0.164 e. The van der Waals surface area contributed by atoms with Crippen LogP contribution in [0.15, 0.2) is 24.3 Å². The van der Waals surface area contributed by atoms with Crippen molar-refractivity contribution in [1.29, 1.82) is 0 Å². The summed E-state index contributed by atoms with van der Waals surface area (Å²) in [6.45, 7) is 9.43. The number of benzene rings is 1. The quantitative estimate of drug-likeness (QED) is 0.753. The van der Waals surface area contributed by atoms with Gasteiger partial charge < -0.3 is 4.90 Å². The van der Waals surface area contributed by atoms with E-state index in [0.29, 0.717) is 18.0 Å². The monoisotopic (exact) mass is 292 g/mol. The molecule has 1 fully saturated rings. The Hall–Kier alpha value is -1.26. The van der Waals surface area contributed by atoms with Crippen LogP contribution in [0.5, 0.6) is 0 Å². The lowest BCUT2D eigenvalue weighted by atomic mass is 10.1. The highest BCUT2D eigenvalue weighted by atomic mass is 19.1. The summed E-state index contributed by atoms with van der Waals surface area (Å²) in [6.07, 6.45) is 1.64. The molecule has 1 aliphatic rings. The third-order valence-electron chi connectivity index (χ3n) is 4.42. The van der Waals surface area contributed by atoms with Crippen LogP contribution < -0.4 is 0 Å². The Labute approximate surface area is 126 Å². The molecule has 0 radical (unpaired) electrons. The number of hydrogen-bond donors (Lipinski definition) is 0. The first-order valence-electron chi connectivity index (χ1n) is 7.85. The van der Waals surface area contributed by atoms with Crippen LogP contribution in [0.3, 0.4) is 0 Å². The fourth-order valence-electron chi connectivity index (χ4n) is 2.75. The van der Waals surface area contributed by atoms with E-state index in [2.05, 4.69) is 23.6 Å². The maximum atomic E-state index is 13.1.